The van der Waals surface area contributed by atoms with Crippen LogP contribution in [0.3, 0.4) is 0 Å². The van der Waals surface area contributed by atoms with E-state index >= 15 is 0 Å². The summed E-state index contributed by atoms with van der Waals surface area (Å²) in [5.41, 5.74) is 2.94. The molecule has 1 heterocycles. The van der Waals surface area contributed by atoms with E-state index in [1.807, 2.05) is 49.4 Å². The predicted molar refractivity (Wildman–Crippen MR) is 89.3 cm³/mol. The first kappa shape index (κ1) is 14.5. The molecule has 0 aliphatic carbocycles. The number of halogens is 1. The molecular formula is C18H16ClNO2. The summed E-state index contributed by atoms with van der Waals surface area (Å²) in [5, 5.41) is 13.2. The molecule has 0 unspecified atom stereocenters. The van der Waals surface area contributed by atoms with E-state index < -0.39 is 0 Å². The van der Waals surface area contributed by atoms with Gasteiger partial charge in [0.05, 0.1) is 6.54 Å². The fraction of sp³-hybridized carbons (Fsp3) is 0.111. The lowest BCUT2D eigenvalue weighted by molar-refractivity contribution is 0.475. The first-order chi connectivity index (χ1) is 10.6. The van der Waals surface area contributed by atoms with Crippen molar-refractivity contribution in [3.05, 3.63) is 70.9 Å². The fourth-order valence-corrected chi connectivity index (χ4v) is 2.44. The smallest absolute Gasteiger partial charge is 0.134 e. The van der Waals surface area contributed by atoms with Gasteiger partial charge < -0.3 is 14.8 Å². The number of hydrogen-bond acceptors (Lipinski definition) is 3. The molecule has 0 spiro atoms. The van der Waals surface area contributed by atoms with Gasteiger partial charge in [0.2, 0.25) is 0 Å². The van der Waals surface area contributed by atoms with Crippen LogP contribution >= 0.6 is 11.6 Å². The monoisotopic (exact) mass is 313 g/mol. The summed E-state index contributed by atoms with van der Waals surface area (Å²) in [7, 11) is 0. The first-order valence-corrected chi connectivity index (χ1v) is 7.38. The normalized spacial score (nSPS) is 10.6. The minimum Gasteiger partial charge on any atom is -0.508 e. The number of furan rings is 1. The number of phenols is 1. The third kappa shape index (κ3) is 3.10. The Morgan fingerprint density at radius 3 is 2.59 bits per heavy atom. The van der Waals surface area contributed by atoms with Crippen LogP contribution in [-0.4, -0.2) is 5.11 Å². The zero-order valence-electron chi connectivity index (χ0n) is 12.1. The molecule has 22 heavy (non-hydrogen) atoms. The quantitative estimate of drug-likeness (QED) is 0.649. The average molecular weight is 314 g/mol. The summed E-state index contributed by atoms with van der Waals surface area (Å²) < 4.78 is 5.88. The highest BCUT2D eigenvalue weighted by molar-refractivity contribution is 6.31. The van der Waals surface area contributed by atoms with E-state index in [0.29, 0.717) is 6.54 Å². The van der Waals surface area contributed by atoms with E-state index in [0.717, 1.165) is 33.4 Å². The average Bonchev–Trinajstić information content (AvgIpc) is 2.98. The van der Waals surface area contributed by atoms with Crippen LogP contribution < -0.4 is 5.32 Å². The van der Waals surface area contributed by atoms with Gasteiger partial charge in [-0.2, -0.15) is 0 Å². The molecular weight excluding hydrogens is 298 g/mol. The van der Waals surface area contributed by atoms with Gasteiger partial charge in [0.25, 0.3) is 0 Å². The number of phenolic OH excluding ortho intramolecular Hbond substituents is 1. The summed E-state index contributed by atoms with van der Waals surface area (Å²) in [6.07, 6.45) is 0. The van der Waals surface area contributed by atoms with Crippen LogP contribution in [0, 0.1) is 6.92 Å². The summed E-state index contributed by atoms with van der Waals surface area (Å²) in [4.78, 5) is 0. The van der Waals surface area contributed by atoms with Crippen molar-refractivity contribution in [2.75, 3.05) is 5.32 Å². The largest absolute Gasteiger partial charge is 0.508 e. The molecule has 0 radical (unpaired) electrons. The Labute approximate surface area is 134 Å². The molecule has 4 heteroatoms. The maximum absolute atomic E-state index is 9.26. The van der Waals surface area contributed by atoms with Crippen molar-refractivity contribution in [3.8, 4) is 17.1 Å². The maximum Gasteiger partial charge on any atom is 0.134 e. The van der Waals surface area contributed by atoms with Crippen LogP contribution in [0.15, 0.2) is 59.0 Å². The Kier molecular flexibility index (Phi) is 4.07. The van der Waals surface area contributed by atoms with Crippen molar-refractivity contribution in [1.29, 1.82) is 0 Å². The van der Waals surface area contributed by atoms with Gasteiger partial charge in [-0.25, -0.2) is 0 Å². The molecule has 0 amide bonds. The highest BCUT2D eigenvalue weighted by Crippen LogP contribution is 2.29. The zero-order chi connectivity index (χ0) is 15.5. The van der Waals surface area contributed by atoms with E-state index in [1.165, 1.54) is 0 Å². The van der Waals surface area contributed by atoms with Gasteiger partial charge in [-0.1, -0.05) is 23.7 Å². The molecule has 0 aliphatic rings. The molecule has 0 fully saturated rings. The number of anilines is 1. The lowest BCUT2D eigenvalue weighted by Crippen LogP contribution is -1.97. The highest BCUT2D eigenvalue weighted by atomic mass is 35.5. The van der Waals surface area contributed by atoms with Crippen molar-refractivity contribution in [3.63, 3.8) is 0 Å². The van der Waals surface area contributed by atoms with Crippen LogP contribution in [0.1, 0.15) is 11.3 Å². The van der Waals surface area contributed by atoms with Gasteiger partial charge in [-0.15, -0.1) is 0 Å². The first-order valence-electron chi connectivity index (χ1n) is 7.00. The molecule has 3 rings (SSSR count). The van der Waals surface area contributed by atoms with Gasteiger partial charge in [-0.05, 0) is 55.0 Å². The number of nitrogens with one attached hydrogen (secondary N) is 1. The van der Waals surface area contributed by atoms with E-state index in [9.17, 15) is 5.11 Å². The number of hydrogen-bond donors (Lipinski definition) is 2. The molecule has 0 bridgehead atoms. The molecule has 1 aromatic heterocycles. The van der Waals surface area contributed by atoms with Crippen molar-refractivity contribution in [2.45, 2.75) is 13.5 Å². The molecule has 112 valence electrons. The molecule has 0 aliphatic heterocycles. The standard InChI is InChI=1S/C18H16ClNO2/c1-12-16(3-2-4-17(12)19)18-10-9-15(22-18)11-20-13-5-7-14(21)8-6-13/h2-10,20-21H,11H2,1H3. The van der Waals surface area contributed by atoms with Gasteiger partial charge >= 0.3 is 0 Å². The third-order valence-corrected chi connectivity index (χ3v) is 3.94. The van der Waals surface area contributed by atoms with Crippen LogP contribution in [0.2, 0.25) is 5.02 Å². The van der Waals surface area contributed by atoms with Crippen LogP contribution in [0.5, 0.6) is 5.75 Å². The highest BCUT2D eigenvalue weighted by Gasteiger charge is 2.09. The number of aromatic hydroxyl groups is 1. The Morgan fingerprint density at radius 2 is 1.82 bits per heavy atom. The SMILES string of the molecule is Cc1c(Cl)cccc1-c1ccc(CNc2ccc(O)cc2)o1. The molecule has 0 atom stereocenters. The fourth-order valence-electron chi connectivity index (χ4n) is 2.26. The maximum atomic E-state index is 9.26. The second kappa shape index (κ2) is 6.16. The van der Waals surface area contributed by atoms with E-state index in [4.69, 9.17) is 16.0 Å². The minimum absolute atomic E-state index is 0.252. The molecule has 0 saturated carbocycles. The van der Waals surface area contributed by atoms with Crippen molar-refractivity contribution in [2.24, 2.45) is 0 Å². The van der Waals surface area contributed by atoms with Gasteiger partial charge in [0, 0.05) is 16.3 Å². The van der Waals surface area contributed by atoms with Crippen LogP contribution in [0.4, 0.5) is 5.69 Å². The third-order valence-electron chi connectivity index (χ3n) is 3.53. The molecule has 3 nitrogen and oxygen atoms in total. The summed E-state index contributed by atoms with van der Waals surface area (Å²) >= 11 is 6.15. The zero-order valence-corrected chi connectivity index (χ0v) is 12.9. The Hall–Kier alpha value is -2.39. The number of benzene rings is 2. The predicted octanol–water partition coefficient (Wildman–Crippen LogP) is 5.23. The van der Waals surface area contributed by atoms with E-state index in [1.54, 1.807) is 12.1 Å². The van der Waals surface area contributed by atoms with Gasteiger partial charge in [0.1, 0.15) is 17.3 Å². The molecule has 2 aromatic carbocycles. The summed E-state index contributed by atoms with van der Waals surface area (Å²) in [6.45, 7) is 2.55. The summed E-state index contributed by atoms with van der Waals surface area (Å²) in [5.74, 6) is 1.90. The van der Waals surface area contributed by atoms with E-state index in [-0.39, 0.29) is 5.75 Å². The minimum atomic E-state index is 0.252. The van der Waals surface area contributed by atoms with Gasteiger partial charge in [0.15, 0.2) is 0 Å². The van der Waals surface area contributed by atoms with Crippen LogP contribution in [0.25, 0.3) is 11.3 Å². The van der Waals surface area contributed by atoms with Crippen LogP contribution in [-0.2, 0) is 6.54 Å². The lowest BCUT2D eigenvalue weighted by atomic mass is 10.1. The topological polar surface area (TPSA) is 45.4 Å². The second-order valence-corrected chi connectivity index (χ2v) is 5.49. The molecule has 0 saturated heterocycles. The van der Waals surface area contributed by atoms with Crippen molar-refractivity contribution >= 4 is 17.3 Å². The Bertz CT molecular complexity index is 778. The lowest BCUT2D eigenvalue weighted by Gasteiger charge is -2.06. The summed E-state index contributed by atoms with van der Waals surface area (Å²) in [6, 6.07) is 16.6. The Morgan fingerprint density at radius 1 is 1.05 bits per heavy atom. The van der Waals surface area contributed by atoms with Gasteiger partial charge in [-0.3, -0.25) is 0 Å². The Balaban J connectivity index is 1.74. The van der Waals surface area contributed by atoms with E-state index in [2.05, 4.69) is 5.32 Å². The van der Waals surface area contributed by atoms with Crippen molar-refractivity contribution in [1.82, 2.24) is 0 Å². The molecule has 3 aromatic rings. The van der Waals surface area contributed by atoms with Crippen molar-refractivity contribution < 1.29 is 9.52 Å². The second-order valence-electron chi connectivity index (χ2n) is 5.08. The molecule has 2 N–H and O–H groups in total. The number of rotatable bonds is 4.